The third-order valence-electron chi connectivity index (χ3n) is 5.05. The lowest BCUT2D eigenvalue weighted by atomic mass is 10.1. The summed E-state index contributed by atoms with van der Waals surface area (Å²) in [6.45, 7) is 3.64. The van der Waals surface area contributed by atoms with Crippen molar-refractivity contribution in [1.82, 2.24) is 4.98 Å². The van der Waals surface area contributed by atoms with Gasteiger partial charge in [0, 0.05) is 16.5 Å². The number of anilines is 1. The van der Waals surface area contributed by atoms with Crippen molar-refractivity contribution in [2.75, 3.05) is 4.72 Å². The Hall–Kier alpha value is -3.96. The highest BCUT2D eigenvalue weighted by atomic mass is 35.5. The molecular weight excluding hydrogens is 482 g/mol. The number of nitrogens with one attached hydrogen (secondary N) is 2. The van der Waals surface area contributed by atoms with Crippen LogP contribution in [0.3, 0.4) is 0 Å². The summed E-state index contributed by atoms with van der Waals surface area (Å²) in [5, 5.41) is 30.5. The number of halogens is 1. The van der Waals surface area contributed by atoms with Gasteiger partial charge in [0.25, 0.3) is 15.7 Å². The molecule has 1 heterocycles. The van der Waals surface area contributed by atoms with Gasteiger partial charge in [0.15, 0.2) is 11.4 Å². The van der Waals surface area contributed by atoms with Crippen LogP contribution >= 0.6 is 11.6 Å². The SMILES string of the molecule is Cc1ccc(NS(=O)(=O)c2ccc(N=Nc3c(O)[nH]c4ccc(Cl)cc34)c([N+](=O)[O-])c2)c(C)c1. The lowest BCUT2D eigenvalue weighted by molar-refractivity contribution is -0.384. The second-order valence-corrected chi connectivity index (χ2v) is 9.66. The molecule has 12 heteroatoms. The van der Waals surface area contributed by atoms with Crippen molar-refractivity contribution in [2.24, 2.45) is 10.2 Å². The van der Waals surface area contributed by atoms with Gasteiger partial charge in [0.1, 0.15) is 0 Å². The van der Waals surface area contributed by atoms with E-state index in [4.69, 9.17) is 11.6 Å². The lowest BCUT2D eigenvalue weighted by Crippen LogP contribution is -2.14. The lowest BCUT2D eigenvalue weighted by Gasteiger charge is -2.11. The molecule has 10 nitrogen and oxygen atoms in total. The summed E-state index contributed by atoms with van der Waals surface area (Å²) in [5.41, 5.74) is 1.88. The van der Waals surface area contributed by atoms with E-state index in [1.54, 1.807) is 37.3 Å². The zero-order valence-electron chi connectivity index (χ0n) is 17.9. The monoisotopic (exact) mass is 499 g/mol. The van der Waals surface area contributed by atoms with E-state index in [9.17, 15) is 23.6 Å². The zero-order valence-corrected chi connectivity index (χ0v) is 19.5. The third-order valence-corrected chi connectivity index (χ3v) is 6.65. The summed E-state index contributed by atoms with van der Waals surface area (Å²) < 4.78 is 28.2. The van der Waals surface area contributed by atoms with Crippen molar-refractivity contribution in [3.8, 4) is 5.88 Å². The van der Waals surface area contributed by atoms with E-state index in [1.807, 2.05) is 13.0 Å². The minimum Gasteiger partial charge on any atom is -0.493 e. The molecule has 0 aliphatic carbocycles. The van der Waals surface area contributed by atoms with Gasteiger partial charge < -0.3 is 10.1 Å². The van der Waals surface area contributed by atoms with Gasteiger partial charge in [-0.1, -0.05) is 29.3 Å². The largest absolute Gasteiger partial charge is 0.493 e. The van der Waals surface area contributed by atoms with Gasteiger partial charge in [-0.25, -0.2) is 8.42 Å². The van der Waals surface area contributed by atoms with E-state index in [0.717, 1.165) is 11.6 Å². The van der Waals surface area contributed by atoms with Gasteiger partial charge in [-0.3, -0.25) is 14.8 Å². The van der Waals surface area contributed by atoms with Crippen LogP contribution in [0.1, 0.15) is 11.1 Å². The molecule has 4 aromatic rings. The van der Waals surface area contributed by atoms with Gasteiger partial charge in [0.05, 0.1) is 21.0 Å². The van der Waals surface area contributed by atoms with Crippen molar-refractivity contribution >= 4 is 55.3 Å². The zero-order chi connectivity index (χ0) is 24.6. The van der Waals surface area contributed by atoms with Gasteiger partial charge in [-0.05, 0) is 55.8 Å². The number of sulfonamides is 1. The molecule has 0 atom stereocenters. The van der Waals surface area contributed by atoms with Gasteiger partial charge in [-0.15, -0.1) is 10.2 Å². The van der Waals surface area contributed by atoms with Gasteiger partial charge >= 0.3 is 0 Å². The average molecular weight is 500 g/mol. The van der Waals surface area contributed by atoms with E-state index in [0.29, 0.717) is 27.2 Å². The van der Waals surface area contributed by atoms with Crippen molar-refractivity contribution in [1.29, 1.82) is 0 Å². The van der Waals surface area contributed by atoms with E-state index in [-0.39, 0.29) is 22.2 Å². The van der Waals surface area contributed by atoms with Crippen molar-refractivity contribution in [2.45, 2.75) is 18.7 Å². The molecule has 0 aliphatic rings. The first-order valence-electron chi connectivity index (χ1n) is 9.85. The molecule has 0 radical (unpaired) electrons. The Balaban J connectivity index is 1.71. The Morgan fingerprint density at radius 1 is 1.06 bits per heavy atom. The second-order valence-electron chi connectivity index (χ2n) is 7.54. The Bertz CT molecular complexity index is 1580. The fourth-order valence-corrected chi connectivity index (χ4v) is 4.70. The minimum atomic E-state index is -4.11. The molecule has 0 amide bonds. The van der Waals surface area contributed by atoms with Crippen LogP contribution in [0.15, 0.2) is 69.7 Å². The smallest absolute Gasteiger partial charge is 0.298 e. The summed E-state index contributed by atoms with van der Waals surface area (Å²) in [6.07, 6.45) is 0. The number of aryl methyl sites for hydroxylation is 2. The molecule has 0 fully saturated rings. The van der Waals surface area contributed by atoms with Gasteiger partial charge in [-0.2, -0.15) is 0 Å². The molecule has 0 saturated heterocycles. The number of rotatable bonds is 6. The Morgan fingerprint density at radius 2 is 1.82 bits per heavy atom. The maximum atomic E-state index is 12.9. The second kappa shape index (κ2) is 8.76. The molecule has 1 aromatic heterocycles. The maximum Gasteiger partial charge on any atom is 0.298 e. The van der Waals surface area contributed by atoms with Crippen LogP contribution in [0, 0.1) is 24.0 Å². The van der Waals surface area contributed by atoms with E-state index >= 15 is 0 Å². The van der Waals surface area contributed by atoms with Crippen LogP contribution in [0.2, 0.25) is 5.02 Å². The molecule has 0 aliphatic heterocycles. The number of aromatic nitrogens is 1. The predicted octanol–water partition coefficient (Wildman–Crippen LogP) is 6.27. The quantitative estimate of drug-likeness (QED) is 0.162. The summed E-state index contributed by atoms with van der Waals surface area (Å²) in [4.78, 5) is 13.3. The summed E-state index contributed by atoms with van der Waals surface area (Å²) in [6, 6.07) is 13.3. The first kappa shape index (κ1) is 23.2. The highest BCUT2D eigenvalue weighted by Crippen LogP contribution is 2.39. The van der Waals surface area contributed by atoms with E-state index < -0.39 is 20.6 Å². The molecule has 34 heavy (non-hydrogen) atoms. The molecule has 3 aromatic carbocycles. The van der Waals surface area contributed by atoms with Crippen LogP contribution in [0.25, 0.3) is 10.9 Å². The fraction of sp³-hybridized carbons (Fsp3) is 0.0909. The number of hydrogen-bond acceptors (Lipinski definition) is 7. The van der Waals surface area contributed by atoms with Crippen LogP contribution in [0.5, 0.6) is 5.88 Å². The van der Waals surface area contributed by atoms with Crippen molar-refractivity contribution in [3.63, 3.8) is 0 Å². The topological polar surface area (TPSA) is 150 Å². The Labute approximate surface area is 199 Å². The first-order valence-corrected chi connectivity index (χ1v) is 11.7. The maximum absolute atomic E-state index is 12.9. The Morgan fingerprint density at radius 3 is 2.53 bits per heavy atom. The molecule has 174 valence electrons. The molecule has 0 bridgehead atoms. The van der Waals surface area contributed by atoms with Crippen molar-refractivity contribution in [3.05, 3.63) is 80.9 Å². The number of fused-ring (bicyclic) bond motifs is 1. The number of aromatic hydroxyl groups is 1. The third kappa shape index (κ3) is 4.56. The minimum absolute atomic E-state index is 0.0417. The number of nitro benzene ring substituents is 1. The number of nitro groups is 1. The standard InChI is InChI=1S/C22H18ClN5O5S/c1-12-3-6-17(13(2)9-12)27-34(32,33)15-5-8-19(20(11-15)28(30)31)25-26-21-16-10-14(23)4-7-18(16)24-22(21)29/h3-11,24,27,29H,1-2H3. The first-order chi connectivity index (χ1) is 16.0. The van der Waals surface area contributed by atoms with E-state index in [2.05, 4.69) is 19.9 Å². The highest BCUT2D eigenvalue weighted by Gasteiger charge is 2.22. The number of benzene rings is 3. The molecule has 3 N–H and O–H groups in total. The normalized spacial score (nSPS) is 11.9. The average Bonchev–Trinajstić information content (AvgIpc) is 3.08. The number of H-pyrrole nitrogens is 1. The van der Waals surface area contributed by atoms with Crippen LogP contribution < -0.4 is 4.72 Å². The van der Waals surface area contributed by atoms with Crippen LogP contribution in [0.4, 0.5) is 22.7 Å². The Kier molecular flexibility index (Phi) is 5.98. The number of aromatic amines is 1. The number of hydrogen-bond donors (Lipinski definition) is 3. The van der Waals surface area contributed by atoms with Crippen LogP contribution in [-0.2, 0) is 10.0 Å². The highest BCUT2D eigenvalue weighted by molar-refractivity contribution is 7.92. The predicted molar refractivity (Wildman–Crippen MR) is 129 cm³/mol. The number of nitrogens with zero attached hydrogens (tertiary/aromatic N) is 3. The molecule has 0 saturated carbocycles. The van der Waals surface area contributed by atoms with Gasteiger partial charge in [0.2, 0.25) is 5.88 Å². The summed E-state index contributed by atoms with van der Waals surface area (Å²) in [7, 11) is -4.11. The summed E-state index contributed by atoms with van der Waals surface area (Å²) >= 11 is 6.00. The summed E-state index contributed by atoms with van der Waals surface area (Å²) in [5.74, 6) is -0.291. The fourth-order valence-electron chi connectivity index (χ4n) is 3.37. The molecule has 0 spiro atoms. The van der Waals surface area contributed by atoms with Crippen molar-refractivity contribution < 1.29 is 18.4 Å². The van der Waals surface area contributed by atoms with E-state index in [1.165, 1.54) is 12.1 Å². The van der Waals surface area contributed by atoms with Crippen LogP contribution in [-0.4, -0.2) is 23.4 Å². The molecule has 0 unspecified atom stereocenters. The number of azo groups is 1. The molecular formula is C22H18ClN5O5S. The molecule has 4 rings (SSSR count).